The average Bonchev–Trinajstić information content (AvgIpc) is 2.45. The van der Waals surface area contributed by atoms with E-state index in [2.05, 4.69) is 15.3 Å². The van der Waals surface area contributed by atoms with Gasteiger partial charge in [-0.05, 0) is 31.0 Å². The first-order valence-electron chi connectivity index (χ1n) is 6.61. The van der Waals surface area contributed by atoms with Crippen LogP contribution in [0.1, 0.15) is 23.9 Å². The molecule has 20 heavy (non-hydrogen) atoms. The Hall–Kier alpha value is -1.68. The number of halogens is 2. The van der Waals surface area contributed by atoms with Crippen molar-refractivity contribution in [3.05, 3.63) is 52.2 Å². The SMILES string of the molecule is CCc1nc(Cl)c(C)c(NCCc2ccc(F)cc2)n1. The van der Waals surface area contributed by atoms with Crippen molar-refractivity contribution in [3.8, 4) is 0 Å². The molecule has 3 nitrogen and oxygen atoms in total. The molecule has 5 heteroatoms. The maximum atomic E-state index is 12.8. The molecule has 0 amide bonds. The number of nitrogens with one attached hydrogen (secondary N) is 1. The molecular weight excluding hydrogens is 277 g/mol. The van der Waals surface area contributed by atoms with Gasteiger partial charge in [-0.1, -0.05) is 30.7 Å². The average molecular weight is 294 g/mol. The lowest BCUT2D eigenvalue weighted by Gasteiger charge is -2.11. The molecule has 0 aliphatic carbocycles. The fourth-order valence-electron chi connectivity index (χ4n) is 1.84. The minimum absolute atomic E-state index is 0.215. The zero-order chi connectivity index (χ0) is 14.5. The Kier molecular flexibility index (Phi) is 4.90. The maximum Gasteiger partial charge on any atom is 0.137 e. The van der Waals surface area contributed by atoms with E-state index < -0.39 is 0 Å². The van der Waals surface area contributed by atoms with E-state index in [0.717, 1.165) is 35.6 Å². The van der Waals surface area contributed by atoms with Crippen molar-refractivity contribution in [2.45, 2.75) is 26.7 Å². The molecule has 106 valence electrons. The number of benzene rings is 1. The van der Waals surface area contributed by atoms with Crippen LogP contribution in [-0.4, -0.2) is 16.5 Å². The molecular formula is C15H17ClFN3. The molecule has 0 saturated heterocycles. The summed E-state index contributed by atoms with van der Waals surface area (Å²) in [5, 5.41) is 3.75. The van der Waals surface area contributed by atoms with Crippen LogP contribution in [-0.2, 0) is 12.8 Å². The zero-order valence-corrected chi connectivity index (χ0v) is 12.3. The number of hydrogen-bond acceptors (Lipinski definition) is 3. The number of aryl methyl sites for hydroxylation is 1. The topological polar surface area (TPSA) is 37.8 Å². The Morgan fingerprint density at radius 1 is 1.20 bits per heavy atom. The van der Waals surface area contributed by atoms with Gasteiger partial charge in [0.2, 0.25) is 0 Å². The van der Waals surface area contributed by atoms with Crippen molar-refractivity contribution >= 4 is 17.4 Å². The highest BCUT2D eigenvalue weighted by molar-refractivity contribution is 6.30. The van der Waals surface area contributed by atoms with Crippen LogP contribution in [0.5, 0.6) is 0 Å². The number of rotatable bonds is 5. The Bertz CT molecular complexity index is 584. The number of aromatic nitrogens is 2. The molecule has 0 aliphatic heterocycles. The monoisotopic (exact) mass is 293 g/mol. The molecule has 0 unspecified atom stereocenters. The Morgan fingerprint density at radius 2 is 1.90 bits per heavy atom. The highest BCUT2D eigenvalue weighted by Crippen LogP contribution is 2.20. The summed E-state index contributed by atoms with van der Waals surface area (Å²) >= 11 is 6.08. The maximum absolute atomic E-state index is 12.8. The third kappa shape index (κ3) is 3.67. The van der Waals surface area contributed by atoms with Crippen molar-refractivity contribution in [1.82, 2.24) is 9.97 Å². The minimum Gasteiger partial charge on any atom is -0.369 e. The lowest BCUT2D eigenvalue weighted by molar-refractivity contribution is 0.627. The molecule has 2 aromatic rings. The second-order valence-corrected chi connectivity index (χ2v) is 4.92. The molecule has 0 fully saturated rings. The normalized spacial score (nSPS) is 10.6. The zero-order valence-electron chi connectivity index (χ0n) is 11.6. The van der Waals surface area contributed by atoms with Gasteiger partial charge in [0.15, 0.2) is 0 Å². The Morgan fingerprint density at radius 3 is 2.55 bits per heavy atom. The van der Waals surface area contributed by atoms with E-state index in [4.69, 9.17) is 11.6 Å². The van der Waals surface area contributed by atoms with Crippen molar-refractivity contribution in [3.63, 3.8) is 0 Å². The van der Waals surface area contributed by atoms with Gasteiger partial charge in [-0.3, -0.25) is 0 Å². The number of anilines is 1. The molecule has 0 radical (unpaired) electrons. The van der Waals surface area contributed by atoms with Crippen molar-refractivity contribution in [2.75, 3.05) is 11.9 Å². The first-order chi connectivity index (χ1) is 9.60. The molecule has 0 bridgehead atoms. The van der Waals surface area contributed by atoms with Crippen LogP contribution in [0.2, 0.25) is 5.15 Å². The third-order valence-electron chi connectivity index (χ3n) is 3.07. The van der Waals surface area contributed by atoms with Gasteiger partial charge < -0.3 is 5.32 Å². The molecule has 0 spiro atoms. The lowest BCUT2D eigenvalue weighted by Crippen LogP contribution is -2.10. The molecule has 0 atom stereocenters. The van der Waals surface area contributed by atoms with Crippen molar-refractivity contribution in [2.24, 2.45) is 0 Å². The number of hydrogen-bond donors (Lipinski definition) is 1. The highest BCUT2D eigenvalue weighted by atomic mass is 35.5. The molecule has 0 aliphatic rings. The van der Waals surface area contributed by atoms with Crippen LogP contribution in [0.25, 0.3) is 0 Å². The van der Waals surface area contributed by atoms with E-state index in [-0.39, 0.29) is 5.82 Å². The molecule has 2 rings (SSSR count). The van der Waals surface area contributed by atoms with E-state index in [1.54, 1.807) is 12.1 Å². The van der Waals surface area contributed by atoms with Gasteiger partial charge >= 0.3 is 0 Å². The van der Waals surface area contributed by atoms with E-state index in [9.17, 15) is 4.39 Å². The van der Waals surface area contributed by atoms with E-state index in [0.29, 0.717) is 11.7 Å². The van der Waals surface area contributed by atoms with E-state index in [1.165, 1.54) is 12.1 Å². The summed E-state index contributed by atoms with van der Waals surface area (Å²) in [4.78, 5) is 8.63. The van der Waals surface area contributed by atoms with Crippen molar-refractivity contribution in [1.29, 1.82) is 0 Å². The molecule has 1 aromatic heterocycles. The second-order valence-electron chi connectivity index (χ2n) is 4.56. The van der Waals surface area contributed by atoms with Gasteiger partial charge in [0.05, 0.1) is 0 Å². The summed E-state index contributed by atoms with van der Waals surface area (Å²) < 4.78 is 12.8. The van der Waals surface area contributed by atoms with Gasteiger partial charge in [0.25, 0.3) is 0 Å². The van der Waals surface area contributed by atoms with Crippen LogP contribution >= 0.6 is 11.6 Å². The lowest BCUT2D eigenvalue weighted by atomic mass is 10.1. The smallest absolute Gasteiger partial charge is 0.137 e. The summed E-state index contributed by atoms with van der Waals surface area (Å²) in [6.07, 6.45) is 1.54. The molecule has 1 heterocycles. The summed E-state index contributed by atoms with van der Waals surface area (Å²) in [6.45, 7) is 4.59. The largest absolute Gasteiger partial charge is 0.369 e. The second kappa shape index (κ2) is 6.66. The molecule has 1 aromatic carbocycles. The fraction of sp³-hybridized carbons (Fsp3) is 0.333. The first kappa shape index (κ1) is 14.7. The van der Waals surface area contributed by atoms with Gasteiger partial charge in [-0.15, -0.1) is 0 Å². The highest BCUT2D eigenvalue weighted by Gasteiger charge is 2.08. The Labute approximate surface area is 123 Å². The summed E-state index contributed by atoms with van der Waals surface area (Å²) in [7, 11) is 0. The van der Waals surface area contributed by atoms with Crippen LogP contribution in [0.3, 0.4) is 0 Å². The number of nitrogens with zero attached hydrogens (tertiary/aromatic N) is 2. The first-order valence-corrected chi connectivity index (χ1v) is 6.99. The van der Waals surface area contributed by atoms with Crippen LogP contribution in [0, 0.1) is 12.7 Å². The Balaban J connectivity index is 2.00. The summed E-state index contributed by atoms with van der Waals surface area (Å²) in [5.41, 5.74) is 1.93. The van der Waals surface area contributed by atoms with Crippen LogP contribution in [0.15, 0.2) is 24.3 Å². The predicted octanol–water partition coefficient (Wildman–Crippen LogP) is 3.79. The molecule has 0 saturated carbocycles. The van der Waals surface area contributed by atoms with E-state index >= 15 is 0 Å². The van der Waals surface area contributed by atoms with Gasteiger partial charge in [-0.25, -0.2) is 14.4 Å². The van der Waals surface area contributed by atoms with Gasteiger partial charge in [0, 0.05) is 18.5 Å². The minimum atomic E-state index is -0.215. The van der Waals surface area contributed by atoms with Crippen molar-refractivity contribution < 1.29 is 4.39 Å². The summed E-state index contributed by atoms with van der Waals surface area (Å²) in [5.74, 6) is 1.28. The van der Waals surface area contributed by atoms with Crippen LogP contribution < -0.4 is 5.32 Å². The third-order valence-corrected chi connectivity index (χ3v) is 3.44. The van der Waals surface area contributed by atoms with E-state index in [1.807, 2.05) is 13.8 Å². The van der Waals surface area contributed by atoms with Gasteiger partial charge in [-0.2, -0.15) is 0 Å². The fourth-order valence-corrected chi connectivity index (χ4v) is 2.03. The summed E-state index contributed by atoms with van der Waals surface area (Å²) in [6, 6.07) is 6.51. The van der Waals surface area contributed by atoms with Crippen LogP contribution in [0.4, 0.5) is 10.2 Å². The predicted molar refractivity (Wildman–Crippen MR) is 79.8 cm³/mol. The standard InChI is InChI=1S/C15H17ClFN3/c1-3-13-19-14(16)10(2)15(20-13)18-9-8-11-4-6-12(17)7-5-11/h4-7H,3,8-9H2,1-2H3,(H,18,19,20). The quantitative estimate of drug-likeness (QED) is 0.852. The molecule has 1 N–H and O–H groups in total. The van der Waals surface area contributed by atoms with Gasteiger partial charge in [0.1, 0.15) is 22.6 Å².